The van der Waals surface area contributed by atoms with Crippen molar-refractivity contribution in [3.63, 3.8) is 0 Å². The quantitative estimate of drug-likeness (QED) is 0.0346. The fourth-order valence-electron chi connectivity index (χ4n) is 8.27. The van der Waals surface area contributed by atoms with Crippen LogP contribution in [-0.4, -0.2) is 37.9 Å². The van der Waals surface area contributed by atoms with Gasteiger partial charge in [-0.3, -0.25) is 9.59 Å². The van der Waals surface area contributed by atoms with Gasteiger partial charge in [0.05, 0.1) is 6.61 Å². The highest BCUT2D eigenvalue weighted by atomic mass is 16.6. The second-order valence-corrected chi connectivity index (χ2v) is 18.8. The summed E-state index contributed by atoms with van der Waals surface area (Å²) in [5, 5.41) is 0. The highest BCUT2D eigenvalue weighted by molar-refractivity contribution is 5.70. The summed E-state index contributed by atoms with van der Waals surface area (Å²) in [6.07, 6.45) is 63.4. The minimum atomic E-state index is -0.533. The van der Waals surface area contributed by atoms with Crippen molar-refractivity contribution in [3.8, 4) is 0 Å². The zero-order chi connectivity index (χ0) is 44.9. The second kappa shape index (κ2) is 53.7. The first-order valence-electron chi connectivity index (χ1n) is 27.9. The van der Waals surface area contributed by atoms with Gasteiger partial charge in [0.1, 0.15) is 6.61 Å². The molecule has 0 aliphatic heterocycles. The van der Waals surface area contributed by atoms with E-state index < -0.39 is 6.10 Å². The molecule has 0 amide bonds. The maximum Gasteiger partial charge on any atom is 0.306 e. The Kier molecular flexibility index (Phi) is 52.3. The molecule has 5 heteroatoms. The third-order valence-electron chi connectivity index (χ3n) is 12.5. The van der Waals surface area contributed by atoms with Crippen molar-refractivity contribution in [1.29, 1.82) is 0 Å². The van der Waals surface area contributed by atoms with Gasteiger partial charge in [-0.2, -0.15) is 0 Å². The minimum absolute atomic E-state index is 0.0872. The van der Waals surface area contributed by atoms with Gasteiger partial charge in [-0.25, -0.2) is 0 Å². The van der Waals surface area contributed by atoms with Crippen LogP contribution in [0.4, 0.5) is 0 Å². The van der Waals surface area contributed by atoms with Gasteiger partial charge < -0.3 is 14.2 Å². The van der Waals surface area contributed by atoms with E-state index in [2.05, 4.69) is 45.1 Å². The molecule has 0 fully saturated rings. The van der Waals surface area contributed by atoms with E-state index in [1.54, 1.807) is 0 Å². The molecule has 1 atom stereocenters. The van der Waals surface area contributed by atoms with Crippen molar-refractivity contribution in [3.05, 3.63) is 24.3 Å². The lowest BCUT2D eigenvalue weighted by Crippen LogP contribution is -2.30. The first kappa shape index (κ1) is 60.4. The highest BCUT2D eigenvalue weighted by Crippen LogP contribution is 2.16. The number of rotatable bonds is 52. The fraction of sp³-hybridized carbons (Fsp3) is 0.895. The lowest BCUT2D eigenvalue weighted by molar-refractivity contribution is -0.163. The molecule has 0 N–H and O–H groups in total. The van der Waals surface area contributed by atoms with E-state index in [0.29, 0.717) is 26.1 Å². The van der Waals surface area contributed by atoms with E-state index in [9.17, 15) is 9.59 Å². The van der Waals surface area contributed by atoms with Crippen molar-refractivity contribution in [2.45, 2.75) is 309 Å². The number of allylic oxidation sites excluding steroid dienone is 4. The smallest absolute Gasteiger partial charge is 0.306 e. The number of carbonyl (C=O) groups excluding carboxylic acids is 2. The lowest BCUT2D eigenvalue weighted by atomic mass is 10.0. The van der Waals surface area contributed by atoms with Crippen molar-refractivity contribution in [1.82, 2.24) is 0 Å². The summed E-state index contributed by atoms with van der Waals surface area (Å²) in [4.78, 5) is 25.4. The minimum Gasteiger partial charge on any atom is -0.462 e. The monoisotopic (exact) mass is 873 g/mol. The maximum atomic E-state index is 12.8. The number of unbranched alkanes of at least 4 members (excludes halogenated alkanes) is 37. The summed E-state index contributed by atoms with van der Waals surface area (Å²) in [5.41, 5.74) is 0. The Labute approximate surface area is 387 Å². The predicted molar refractivity (Wildman–Crippen MR) is 270 cm³/mol. The SMILES string of the molecule is CCCCCC/C=C\CCCCCCCC(=O)OCC(COCCCCCCCCCCCC/C=C\CCCCCCCC)OC(=O)CCCCCCCCCCCCCCC. The van der Waals surface area contributed by atoms with Crippen molar-refractivity contribution < 1.29 is 23.8 Å². The number of ether oxygens (including phenoxy) is 3. The Morgan fingerprint density at radius 1 is 0.339 bits per heavy atom. The zero-order valence-corrected chi connectivity index (χ0v) is 42.2. The van der Waals surface area contributed by atoms with E-state index >= 15 is 0 Å². The normalized spacial score (nSPS) is 12.2. The Morgan fingerprint density at radius 3 is 1.00 bits per heavy atom. The summed E-state index contributed by atoms with van der Waals surface area (Å²) in [6, 6.07) is 0. The van der Waals surface area contributed by atoms with Gasteiger partial charge in [-0.1, -0.05) is 244 Å². The highest BCUT2D eigenvalue weighted by Gasteiger charge is 2.17. The van der Waals surface area contributed by atoms with Crippen molar-refractivity contribution in [2.75, 3.05) is 19.8 Å². The van der Waals surface area contributed by atoms with Crippen LogP contribution < -0.4 is 0 Å². The van der Waals surface area contributed by atoms with Gasteiger partial charge in [-0.15, -0.1) is 0 Å². The van der Waals surface area contributed by atoms with Gasteiger partial charge in [0.25, 0.3) is 0 Å². The Morgan fingerprint density at radius 2 is 0.629 bits per heavy atom. The van der Waals surface area contributed by atoms with Crippen LogP contribution in [-0.2, 0) is 23.8 Å². The molecule has 0 aliphatic rings. The molecular weight excluding hydrogens is 765 g/mol. The molecule has 0 bridgehead atoms. The molecule has 0 saturated heterocycles. The summed E-state index contributed by atoms with van der Waals surface area (Å²) in [5.74, 6) is -0.389. The predicted octanol–water partition coefficient (Wildman–Crippen LogP) is 18.8. The maximum absolute atomic E-state index is 12.8. The lowest BCUT2D eigenvalue weighted by Gasteiger charge is -2.18. The molecule has 0 rings (SSSR count). The molecule has 0 radical (unpaired) electrons. The number of carbonyl (C=O) groups is 2. The standard InChI is InChI=1S/C57H108O5/c1-4-7-10-13-16-19-22-25-26-27-28-29-30-31-34-37-40-43-46-49-52-60-53-55(62-57(59)51-48-45-42-39-36-33-24-21-18-15-12-9-6-3)54-61-56(58)50-47-44-41-38-35-32-23-20-17-14-11-8-5-2/h20,23,25-26,55H,4-19,21-22,24,27-54H2,1-3H3/b23-20-,26-25-. The topological polar surface area (TPSA) is 61.8 Å². The molecular formula is C57H108O5. The van der Waals surface area contributed by atoms with Crippen molar-refractivity contribution >= 4 is 11.9 Å². The van der Waals surface area contributed by atoms with Crippen LogP contribution in [0.3, 0.4) is 0 Å². The van der Waals surface area contributed by atoms with Crippen LogP contribution in [0.15, 0.2) is 24.3 Å². The van der Waals surface area contributed by atoms with Crippen LogP contribution in [0.25, 0.3) is 0 Å². The molecule has 5 nitrogen and oxygen atoms in total. The molecule has 0 aliphatic carbocycles. The van der Waals surface area contributed by atoms with Crippen LogP contribution >= 0.6 is 0 Å². The molecule has 0 spiro atoms. The molecule has 62 heavy (non-hydrogen) atoms. The van der Waals surface area contributed by atoms with Crippen LogP contribution in [0, 0.1) is 0 Å². The third-order valence-corrected chi connectivity index (χ3v) is 12.5. The van der Waals surface area contributed by atoms with Gasteiger partial charge in [0, 0.05) is 19.4 Å². The zero-order valence-electron chi connectivity index (χ0n) is 42.2. The van der Waals surface area contributed by atoms with Gasteiger partial charge in [0.2, 0.25) is 0 Å². The summed E-state index contributed by atoms with van der Waals surface area (Å²) in [7, 11) is 0. The van der Waals surface area contributed by atoms with Gasteiger partial charge in [-0.05, 0) is 70.6 Å². The average molecular weight is 873 g/mol. The molecule has 1 unspecified atom stereocenters. The number of hydrogen-bond acceptors (Lipinski definition) is 5. The second-order valence-electron chi connectivity index (χ2n) is 18.8. The molecule has 0 aromatic carbocycles. The molecule has 366 valence electrons. The fourth-order valence-corrected chi connectivity index (χ4v) is 8.27. The Bertz CT molecular complexity index is 943. The number of esters is 2. The summed E-state index contributed by atoms with van der Waals surface area (Å²) in [6.45, 7) is 7.85. The average Bonchev–Trinajstić information content (AvgIpc) is 3.27. The molecule has 0 aromatic heterocycles. The Hall–Kier alpha value is -1.62. The van der Waals surface area contributed by atoms with E-state index in [1.807, 2.05) is 0 Å². The van der Waals surface area contributed by atoms with Gasteiger partial charge >= 0.3 is 11.9 Å². The summed E-state index contributed by atoms with van der Waals surface area (Å²) < 4.78 is 17.4. The van der Waals surface area contributed by atoms with Crippen molar-refractivity contribution in [2.24, 2.45) is 0 Å². The first-order valence-corrected chi connectivity index (χ1v) is 27.9. The summed E-state index contributed by atoms with van der Waals surface area (Å²) >= 11 is 0. The third kappa shape index (κ3) is 51.0. The first-order chi connectivity index (χ1) is 30.6. The van der Waals surface area contributed by atoms with Gasteiger partial charge in [0.15, 0.2) is 6.10 Å². The van der Waals surface area contributed by atoms with Crippen LogP contribution in [0.2, 0.25) is 0 Å². The van der Waals surface area contributed by atoms with E-state index in [0.717, 1.165) is 44.9 Å². The number of hydrogen-bond donors (Lipinski definition) is 0. The van der Waals surface area contributed by atoms with Crippen LogP contribution in [0.1, 0.15) is 303 Å². The molecule has 0 saturated carbocycles. The van der Waals surface area contributed by atoms with E-state index in [4.69, 9.17) is 14.2 Å². The van der Waals surface area contributed by atoms with Crippen LogP contribution in [0.5, 0.6) is 0 Å². The largest absolute Gasteiger partial charge is 0.462 e. The molecule has 0 aromatic rings. The van der Waals surface area contributed by atoms with E-state index in [1.165, 1.54) is 225 Å². The Balaban J connectivity index is 4.19. The van der Waals surface area contributed by atoms with E-state index in [-0.39, 0.29) is 18.5 Å². The molecule has 0 heterocycles.